The summed E-state index contributed by atoms with van der Waals surface area (Å²) in [7, 11) is 0. The van der Waals surface area contributed by atoms with Gasteiger partial charge in [-0.25, -0.2) is 4.42 Å². The van der Waals surface area contributed by atoms with Gasteiger partial charge in [-0.05, 0) is 12.1 Å². The normalized spacial score (nSPS) is 32.2. The molecule has 3 aromatic rings. The van der Waals surface area contributed by atoms with Gasteiger partial charge in [0, 0.05) is 18.2 Å². The second-order valence-electron chi connectivity index (χ2n) is 10.1. The van der Waals surface area contributed by atoms with E-state index in [9.17, 15) is 56.2 Å². The highest BCUT2D eigenvalue weighted by Crippen LogP contribution is 2.42. The van der Waals surface area contributed by atoms with E-state index in [-0.39, 0.29) is 46.2 Å². The third-order valence-electron chi connectivity index (χ3n) is 7.26. The molecule has 2 fully saturated rings. The first-order valence-electron chi connectivity index (χ1n) is 13.0. The summed E-state index contributed by atoms with van der Waals surface area (Å²) < 4.78 is 28.6. The summed E-state index contributed by atoms with van der Waals surface area (Å²) >= 11 is 0. The Morgan fingerprint density at radius 3 is 1.95 bits per heavy atom. The zero-order valence-electron chi connectivity index (χ0n) is 22.5. The van der Waals surface area contributed by atoms with E-state index in [1.54, 1.807) is 0 Å². The molecule has 16 nitrogen and oxygen atoms in total. The van der Waals surface area contributed by atoms with Crippen LogP contribution in [0.5, 0.6) is 28.7 Å². The van der Waals surface area contributed by atoms with E-state index in [2.05, 4.69) is 0 Å². The Balaban J connectivity index is 0.00000442. The van der Waals surface area contributed by atoms with E-state index in [4.69, 9.17) is 23.4 Å². The average molecular weight is 647 g/mol. The summed E-state index contributed by atoms with van der Waals surface area (Å²) in [6.45, 7) is -1.56. The zero-order chi connectivity index (χ0) is 31.2. The lowest BCUT2D eigenvalue weighted by molar-refractivity contribution is -0.357. The maximum absolute atomic E-state index is 10.9. The topological polar surface area (TPSA) is 271 Å². The number of aromatic hydroxyl groups is 4. The van der Waals surface area contributed by atoms with Gasteiger partial charge < -0.3 is 87.5 Å². The molecule has 11 N–H and O–H groups in total. The van der Waals surface area contributed by atoms with Gasteiger partial charge in [-0.3, -0.25) is 0 Å². The summed E-state index contributed by atoms with van der Waals surface area (Å²) in [5.74, 6) is -2.13. The molecule has 5 rings (SSSR count). The Morgan fingerprint density at radius 2 is 1.32 bits per heavy atom. The van der Waals surface area contributed by atoms with Crippen molar-refractivity contribution < 1.29 is 91.9 Å². The largest absolute Gasteiger partial charge is 1.00 e. The quantitative estimate of drug-likeness (QED) is 0.0849. The summed E-state index contributed by atoms with van der Waals surface area (Å²) in [4.78, 5) is 0. The first-order valence-corrected chi connectivity index (χ1v) is 13.0. The van der Waals surface area contributed by atoms with E-state index in [1.807, 2.05) is 0 Å². The van der Waals surface area contributed by atoms with Crippen LogP contribution < -0.4 is 17.1 Å². The number of benzene rings is 2. The second kappa shape index (κ2) is 13.4. The van der Waals surface area contributed by atoms with Gasteiger partial charge in [0.1, 0.15) is 59.6 Å². The average Bonchev–Trinajstić information content (AvgIpc) is 2.98. The summed E-state index contributed by atoms with van der Waals surface area (Å²) in [5.41, 5.74) is 0.0892. The molecule has 2 aliphatic rings. The van der Waals surface area contributed by atoms with Crippen molar-refractivity contribution in [1.29, 1.82) is 0 Å². The number of hydrogen-bond donors (Lipinski definition) is 11. The summed E-state index contributed by atoms with van der Waals surface area (Å²) in [6, 6.07) is 7.08. The first kappa shape index (κ1) is 33.6. The summed E-state index contributed by atoms with van der Waals surface area (Å²) in [6.07, 6.45) is -17.1. The minimum Gasteiger partial charge on any atom is -1.00 e. The van der Waals surface area contributed by atoms with Gasteiger partial charge in [0.15, 0.2) is 23.9 Å². The number of rotatable bonds is 7. The summed E-state index contributed by atoms with van der Waals surface area (Å²) in [5, 5.41) is 112. The Labute approximate surface area is 254 Å². The van der Waals surface area contributed by atoms with Gasteiger partial charge in [0.05, 0.1) is 24.8 Å². The fourth-order valence-electron chi connectivity index (χ4n) is 4.89. The minimum atomic E-state index is -1.89. The molecule has 10 unspecified atom stereocenters. The van der Waals surface area contributed by atoms with Crippen LogP contribution in [0.1, 0.15) is 0 Å². The molecule has 1 aromatic heterocycles. The van der Waals surface area contributed by atoms with Crippen LogP contribution in [-0.2, 0) is 14.2 Å². The lowest BCUT2D eigenvalue weighted by Gasteiger charge is -2.45. The van der Waals surface area contributed by atoms with Crippen LogP contribution in [0.15, 0.2) is 40.8 Å². The van der Waals surface area contributed by atoms with E-state index in [0.29, 0.717) is 0 Å². The van der Waals surface area contributed by atoms with Crippen LogP contribution in [0.2, 0.25) is 0 Å². The van der Waals surface area contributed by atoms with Crippen molar-refractivity contribution in [3.8, 4) is 40.1 Å². The number of phenols is 4. The third kappa shape index (κ3) is 6.28. The molecular weight excluding hydrogens is 616 g/mol. The van der Waals surface area contributed by atoms with E-state index in [1.165, 1.54) is 18.2 Å². The van der Waals surface area contributed by atoms with Crippen molar-refractivity contribution in [1.82, 2.24) is 0 Å². The van der Waals surface area contributed by atoms with Gasteiger partial charge in [-0.2, -0.15) is 0 Å². The van der Waals surface area contributed by atoms with Gasteiger partial charge in [0.2, 0.25) is 12.0 Å². The van der Waals surface area contributed by atoms with Crippen LogP contribution in [0.3, 0.4) is 0 Å². The molecule has 10 atom stereocenters. The maximum Gasteiger partial charge on any atom is 0.402 e. The van der Waals surface area contributed by atoms with Gasteiger partial charge in [0.25, 0.3) is 0 Å². The second-order valence-corrected chi connectivity index (χ2v) is 10.1. The van der Waals surface area contributed by atoms with Gasteiger partial charge in [-0.1, -0.05) is 0 Å². The molecule has 2 saturated heterocycles. The highest BCUT2D eigenvalue weighted by atomic mass is 35.5. The first-order chi connectivity index (χ1) is 20.4. The molecule has 17 heteroatoms. The Morgan fingerprint density at radius 1 is 0.682 bits per heavy atom. The number of fused-ring (bicyclic) bond motifs is 1. The molecule has 0 spiro atoms. The van der Waals surface area contributed by atoms with E-state index in [0.717, 1.165) is 18.2 Å². The molecule has 3 heterocycles. The highest BCUT2D eigenvalue weighted by Gasteiger charge is 2.51. The Hall–Kier alpha value is -3.26. The SMILES string of the molecule is OCC1OC(OC2C(Oc3cc4c(O)cc(O)cc4[o+]c3-c3ccc(O)c(O)c3)OC(CO)C(O)C2O)C(O)C(O)C1O.[Cl-]. The van der Waals surface area contributed by atoms with Crippen molar-refractivity contribution in [2.24, 2.45) is 0 Å². The third-order valence-corrected chi connectivity index (χ3v) is 7.26. The van der Waals surface area contributed by atoms with Crippen LogP contribution >= 0.6 is 0 Å². The molecule has 2 aromatic carbocycles. The molecule has 44 heavy (non-hydrogen) atoms. The monoisotopic (exact) mass is 646 g/mol. The van der Waals surface area contributed by atoms with Crippen molar-refractivity contribution in [3.05, 3.63) is 36.4 Å². The molecule has 0 aliphatic carbocycles. The number of halogens is 1. The maximum atomic E-state index is 10.9. The van der Waals surface area contributed by atoms with Crippen molar-refractivity contribution in [3.63, 3.8) is 0 Å². The molecule has 0 saturated carbocycles. The molecule has 0 amide bonds. The number of aliphatic hydroxyl groups is 7. The number of phenolic OH excluding ortho intramolecular Hbond substituents is 4. The Kier molecular flexibility index (Phi) is 10.2. The predicted octanol–water partition coefficient (Wildman–Crippen LogP) is -4.79. The van der Waals surface area contributed by atoms with E-state index < -0.39 is 91.9 Å². The lowest BCUT2D eigenvalue weighted by atomic mass is 9.97. The van der Waals surface area contributed by atoms with Gasteiger partial charge >= 0.3 is 11.3 Å². The van der Waals surface area contributed by atoms with Crippen molar-refractivity contribution in [2.75, 3.05) is 13.2 Å². The predicted molar refractivity (Wildman–Crippen MR) is 140 cm³/mol. The number of ether oxygens (including phenoxy) is 4. The smallest absolute Gasteiger partial charge is 0.402 e. The molecule has 2 aliphatic heterocycles. The van der Waals surface area contributed by atoms with Crippen molar-refractivity contribution in [2.45, 2.75) is 61.4 Å². The molecule has 0 radical (unpaired) electrons. The van der Waals surface area contributed by atoms with Gasteiger partial charge in [-0.15, -0.1) is 0 Å². The molecule has 0 bridgehead atoms. The lowest BCUT2D eigenvalue weighted by Crippen LogP contribution is -3.00. The van der Waals surface area contributed by atoms with Crippen LogP contribution in [0, 0.1) is 0 Å². The highest BCUT2D eigenvalue weighted by molar-refractivity contribution is 5.88. The minimum absolute atomic E-state index is 0. The number of hydrogen-bond acceptors (Lipinski definition) is 15. The fraction of sp³-hybridized carbons (Fsp3) is 0.444. The van der Waals surface area contributed by atoms with Crippen LogP contribution in [-0.4, -0.2) is 131 Å². The van der Waals surface area contributed by atoms with Crippen LogP contribution in [0.25, 0.3) is 22.3 Å². The molecular formula is C27H31ClO16. The standard InChI is InChI=1S/C27H30O16.ClH/c28-7-17-19(34)21(36)23(38)26(41-17)43-25-22(37)20(35)18(8-29)42-27(25)40-16-6-11-13(32)4-10(30)5-15(11)39-24(16)9-1-2-12(31)14(33)3-9;/h1-6,17-23,25-29,34-38H,7-8H2,(H3-,30,31,32,33);1H. The van der Waals surface area contributed by atoms with Crippen molar-refractivity contribution >= 4 is 11.0 Å². The number of aliphatic hydroxyl groups excluding tert-OH is 7. The molecule has 242 valence electrons. The van der Waals surface area contributed by atoms with Crippen LogP contribution in [0.4, 0.5) is 0 Å². The zero-order valence-corrected chi connectivity index (χ0v) is 23.2. The Bertz CT molecular complexity index is 1460. The van der Waals surface area contributed by atoms with E-state index >= 15 is 0 Å². The fourth-order valence-corrected chi connectivity index (χ4v) is 4.89.